The van der Waals surface area contributed by atoms with E-state index in [1.165, 1.54) is 17.7 Å². The normalized spacial score (nSPS) is 22.3. The van der Waals surface area contributed by atoms with Crippen molar-refractivity contribution in [1.82, 2.24) is 9.55 Å². The summed E-state index contributed by atoms with van der Waals surface area (Å²) in [5.41, 5.74) is 0.588. The fourth-order valence-corrected chi connectivity index (χ4v) is 4.99. The first-order valence-corrected chi connectivity index (χ1v) is 13.1. The summed E-state index contributed by atoms with van der Waals surface area (Å²) in [6.07, 6.45) is 3.70. The zero-order valence-electron chi connectivity index (χ0n) is 20.3. The van der Waals surface area contributed by atoms with E-state index < -0.39 is 37.4 Å². The van der Waals surface area contributed by atoms with E-state index in [2.05, 4.69) is 4.98 Å². The van der Waals surface area contributed by atoms with Crippen molar-refractivity contribution in [2.45, 2.75) is 52.0 Å². The molecule has 0 saturated carbocycles. The van der Waals surface area contributed by atoms with Crippen LogP contribution in [0.25, 0.3) is 0 Å². The summed E-state index contributed by atoms with van der Waals surface area (Å²) in [6, 6.07) is 5.31. The number of nitrogens with one attached hydrogen (secondary N) is 1. The van der Waals surface area contributed by atoms with Crippen molar-refractivity contribution in [3.63, 3.8) is 0 Å². The molecule has 0 radical (unpaired) electrons. The number of hydrogen-bond donors (Lipinski definition) is 1. The quantitative estimate of drug-likeness (QED) is 0.273. The van der Waals surface area contributed by atoms with Crippen molar-refractivity contribution in [2.24, 2.45) is 0 Å². The van der Waals surface area contributed by atoms with Gasteiger partial charge < -0.3 is 18.8 Å². The first-order valence-electron chi connectivity index (χ1n) is 11.6. The Morgan fingerprint density at radius 1 is 1.22 bits per heavy atom. The van der Waals surface area contributed by atoms with Crippen LogP contribution in [0, 0.1) is 6.92 Å². The number of Topliss-reactive ketones (excluding diaryl/α,β-unsaturated/α-hetero) is 1. The van der Waals surface area contributed by atoms with Gasteiger partial charge in [-0.15, -0.1) is 0 Å². The Morgan fingerprint density at radius 2 is 2.03 bits per heavy atom. The van der Waals surface area contributed by atoms with E-state index in [0.29, 0.717) is 28.9 Å². The lowest BCUT2D eigenvalue weighted by Gasteiger charge is -2.27. The molecule has 1 aromatic heterocycles. The summed E-state index contributed by atoms with van der Waals surface area (Å²) < 4.78 is 41.9. The standard InChI is InChI=1S/C24H27N2O10P/c1-15-12-26(24(30)25-23(15)29)20-8-7-19(35-20)14-34-37(31)33-13-18-5-3-4-17(22(18)36-37)10-11-32-21(28)9-6-16(2)27/h3-5,7-8,12,19-20H,6,9-11,13-14H2,1-2H3,(H,25,29,30)/t19-,20+,37?/m0/s1. The minimum absolute atomic E-state index is 0.00507. The predicted octanol–water partition coefficient (Wildman–Crippen LogP) is 2.49. The number of para-hydroxylation sites is 1. The van der Waals surface area contributed by atoms with Crippen molar-refractivity contribution in [2.75, 3.05) is 13.2 Å². The van der Waals surface area contributed by atoms with Gasteiger partial charge in [-0.1, -0.05) is 24.3 Å². The second-order valence-electron chi connectivity index (χ2n) is 8.61. The summed E-state index contributed by atoms with van der Waals surface area (Å²) in [5.74, 6) is -0.221. The summed E-state index contributed by atoms with van der Waals surface area (Å²) in [7, 11) is -3.99. The largest absolute Gasteiger partial charge is 0.530 e. The summed E-state index contributed by atoms with van der Waals surface area (Å²) in [4.78, 5) is 48.7. The highest BCUT2D eigenvalue weighted by Crippen LogP contribution is 2.55. The van der Waals surface area contributed by atoms with Crippen molar-refractivity contribution in [3.8, 4) is 5.75 Å². The zero-order valence-corrected chi connectivity index (χ0v) is 21.2. The Bertz CT molecular complexity index is 1380. The highest BCUT2D eigenvalue weighted by atomic mass is 31.2. The van der Waals surface area contributed by atoms with Gasteiger partial charge in [0.2, 0.25) is 0 Å². The minimum Gasteiger partial charge on any atom is -0.465 e. The molecule has 0 amide bonds. The number of phosphoric ester groups is 1. The van der Waals surface area contributed by atoms with Crippen LogP contribution in [0.15, 0.2) is 46.1 Å². The molecule has 1 aromatic carbocycles. The lowest BCUT2D eigenvalue weighted by Crippen LogP contribution is -2.33. The molecule has 0 saturated heterocycles. The van der Waals surface area contributed by atoms with E-state index in [1.807, 2.05) is 0 Å². The smallest absolute Gasteiger partial charge is 0.465 e. The van der Waals surface area contributed by atoms with E-state index in [0.717, 1.165) is 0 Å². The van der Waals surface area contributed by atoms with Gasteiger partial charge in [-0.3, -0.25) is 28.2 Å². The summed E-state index contributed by atoms with van der Waals surface area (Å²) >= 11 is 0. The van der Waals surface area contributed by atoms with Gasteiger partial charge in [0.25, 0.3) is 5.56 Å². The second-order valence-corrected chi connectivity index (χ2v) is 10.2. The van der Waals surface area contributed by atoms with E-state index in [9.17, 15) is 23.7 Å². The monoisotopic (exact) mass is 534 g/mol. The number of carbonyl (C=O) groups is 2. The first-order chi connectivity index (χ1) is 17.6. The van der Waals surface area contributed by atoms with Crippen LogP contribution in [-0.4, -0.2) is 40.6 Å². The molecule has 0 spiro atoms. The highest BCUT2D eigenvalue weighted by Gasteiger charge is 2.37. The van der Waals surface area contributed by atoms with E-state index in [1.54, 1.807) is 37.3 Å². The van der Waals surface area contributed by atoms with Gasteiger partial charge in [-0.05, 0) is 25.5 Å². The number of aromatic nitrogens is 2. The van der Waals surface area contributed by atoms with Crippen LogP contribution in [0.2, 0.25) is 0 Å². The third kappa shape index (κ3) is 6.72. The third-order valence-corrected chi connectivity index (χ3v) is 7.01. The number of hydrogen-bond acceptors (Lipinski definition) is 10. The average Bonchev–Trinajstić information content (AvgIpc) is 3.33. The molecular formula is C24H27N2O10P. The minimum atomic E-state index is -3.99. The van der Waals surface area contributed by atoms with Crippen molar-refractivity contribution < 1.29 is 37.2 Å². The van der Waals surface area contributed by atoms with Crippen LogP contribution >= 0.6 is 7.82 Å². The van der Waals surface area contributed by atoms with Gasteiger partial charge in [-0.25, -0.2) is 9.36 Å². The van der Waals surface area contributed by atoms with Crippen LogP contribution in [0.1, 0.15) is 42.7 Å². The Hall–Kier alpha value is -3.31. The van der Waals surface area contributed by atoms with E-state index >= 15 is 0 Å². The van der Waals surface area contributed by atoms with Gasteiger partial charge in [0.15, 0.2) is 6.23 Å². The number of ether oxygens (including phenoxy) is 2. The molecule has 3 atom stereocenters. The fourth-order valence-electron chi connectivity index (χ4n) is 3.72. The number of H-pyrrole nitrogens is 1. The lowest BCUT2D eigenvalue weighted by atomic mass is 10.1. The maximum atomic E-state index is 13.2. The Morgan fingerprint density at radius 3 is 2.81 bits per heavy atom. The van der Waals surface area contributed by atoms with Crippen molar-refractivity contribution in [3.05, 3.63) is 74.1 Å². The van der Waals surface area contributed by atoms with Crippen molar-refractivity contribution >= 4 is 19.6 Å². The SMILES string of the molecule is CC(=O)CCC(=O)OCCc1cccc2c1OP(=O)(OC[C@@H]1C=C[C@H](n3cc(C)c(=O)[nH]c3=O)O1)OC2. The Balaban J connectivity index is 1.33. The number of ketones is 1. The molecule has 1 N–H and O–H groups in total. The second kappa shape index (κ2) is 11.4. The molecule has 4 rings (SSSR count). The summed E-state index contributed by atoms with van der Waals surface area (Å²) in [5, 5.41) is 0. The topological polar surface area (TPSA) is 152 Å². The fraction of sp³-hybridized carbons (Fsp3) is 0.417. The van der Waals surface area contributed by atoms with Crippen LogP contribution in [0.5, 0.6) is 5.75 Å². The third-order valence-electron chi connectivity index (χ3n) is 5.70. The predicted molar refractivity (Wildman–Crippen MR) is 129 cm³/mol. The number of fused-ring (bicyclic) bond motifs is 1. The number of phosphoric acid groups is 1. The van der Waals surface area contributed by atoms with Gasteiger partial charge in [0.1, 0.15) is 17.6 Å². The molecule has 1 unspecified atom stereocenters. The van der Waals surface area contributed by atoms with Crippen LogP contribution < -0.4 is 15.8 Å². The molecular weight excluding hydrogens is 507 g/mol. The molecule has 0 bridgehead atoms. The molecule has 198 valence electrons. The van der Waals surface area contributed by atoms with Crippen LogP contribution in [0.4, 0.5) is 0 Å². The number of aryl methyl sites for hydroxylation is 1. The molecule has 13 heteroatoms. The molecule has 2 aliphatic heterocycles. The molecule has 0 fully saturated rings. The van der Waals surface area contributed by atoms with Crippen LogP contribution in [0.3, 0.4) is 0 Å². The number of rotatable bonds is 10. The number of benzene rings is 1. The van der Waals surface area contributed by atoms with E-state index in [4.69, 9.17) is 23.0 Å². The number of nitrogens with zero attached hydrogens (tertiary/aromatic N) is 1. The number of esters is 1. The molecule has 0 aliphatic carbocycles. The molecule has 12 nitrogen and oxygen atoms in total. The Labute approximate surface area is 211 Å². The maximum Gasteiger partial charge on any atom is 0.530 e. The van der Waals surface area contributed by atoms with Gasteiger partial charge in [-0.2, -0.15) is 0 Å². The van der Waals surface area contributed by atoms with E-state index in [-0.39, 0.29) is 38.4 Å². The summed E-state index contributed by atoms with van der Waals surface area (Å²) in [6.45, 7) is 2.86. The van der Waals surface area contributed by atoms with Gasteiger partial charge >= 0.3 is 19.5 Å². The molecule has 37 heavy (non-hydrogen) atoms. The molecule has 3 heterocycles. The maximum absolute atomic E-state index is 13.2. The van der Waals surface area contributed by atoms with Crippen molar-refractivity contribution in [1.29, 1.82) is 0 Å². The average molecular weight is 534 g/mol. The van der Waals surface area contributed by atoms with Gasteiger partial charge in [0, 0.05) is 30.2 Å². The zero-order chi connectivity index (χ0) is 26.6. The Kier molecular flexibility index (Phi) is 8.23. The number of carbonyl (C=O) groups excluding carboxylic acids is 2. The first kappa shape index (κ1) is 26.7. The lowest BCUT2D eigenvalue weighted by molar-refractivity contribution is -0.144. The van der Waals surface area contributed by atoms with Crippen LogP contribution in [-0.2, 0) is 45.7 Å². The molecule has 2 aromatic rings. The highest BCUT2D eigenvalue weighted by molar-refractivity contribution is 7.49. The molecule has 2 aliphatic rings. The van der Waals surface area contributed by atoms with Gasteiger partial charge in [0.05, 0.1) is 26.2 Å². The number of aromatic amines is 1.